The first-order chi connectivity index (χ1) is 3.81. The normalized spacial score (nSPS) is 13.9. The van der Waals surface area contributed by atoms with Gasteiger partial charge in [0.2, 0.25) is 0 Å². The first kappa shape index (κ1) is 7.92. The van der Waals surface area contributed by atoms with Gasteiger partial charge in [-0.25, -0.2) is 0 Å². The number of rotatable bonds is 4. The summed E-state index contributed by atoms with van der Waals surface area (Å²) in [6.07, 6.45) is 0. The summed E-state index contributed by atoms with van der Waals surface area (Å²) >= 11 is 0. The van der Waals surface area contributed by atoms with Crippen LogP contribution in [0.15, 0.2) is 0 Å². The lowest BCUT2D eigenvalue weighted by atomic mass is 10.2. The SMILES string of the molecule is COCC(C)C[OH+]C. The van der Waals surface area contributed by atoms with E-state index in [1.807, 2.05) is 7.11 Å². The monoisotopic (exact) mass is 119 g/mol. The van der Waals surface area contributed by atoms with E-state index in [0.717, 1.165) is 13.2 Å². The van der Waals surface area contributed by atoms with Crippen LogP contribution in [0, 0.1) is 5.92 Å². The Bertz CT molecular complexity index is 39.8. The molecule has 50 valence electrons. The molecule has 1 N–H and O–H groups in total. The molecule has 0 amide bonds. The summed E-state index contributed by atoms with van der Waals surface area (Å²) in [7, 11) is 3.54. The quantitative estimate of drug-likeness (QED) is 0.492. The molecule has 2 nitrogen and oxygen atoms in total. The second-order valence-electron chi connectivity index (χ2n) is 2.06. The van der Waals surface area contributed by atoms with E-state index in [9.17, 15) is 0 Å². The summed E-state index contributed by atoms with van der Waals surface area (Å²) in [5, 5.41) is 0. The lowest BCUT2D eigenvalue weighted by Crippen LogP contribution is -2.11. The highest BCUT2D eigenvalue weighted by Gasteiger charge is 2.00. The van der Waals surface area contributed by atoms with Crippen LogP contribution in [0.1, 0.15) is 6.92 Å². The molecule has 0 aromatic rings. The topological polar surface area (TPSA) is 22.0 Å². The lowest BCUT2D eigenvalue weighted by molar-refractivity contribution is -0.0241. The van der Waals surface area contributed by atoms with Gasteiger partial charge in [0.05, 0.1) is 6.61 Å². The van der Waals surface area contributed by atoms with Gasteiger partial charge in [0.25, 0.3) is 0 Å². The van der Waals surface area contributed by atoms with Crippen LogP contribution in [0.2, 0.25) is 0 Å². The molecule has 0 aromatic carbocycles. The molecule has 0 aromatic heterocycles. The summed E-state index contributed by atoms with van der Waals surface area (Å²) < 4.78 is 8.87. The average Bonchev–Trinajstić information content (AvgIpc) is 1.68. The number of hydrogen-bond donors (Lipinski definition) is 0. The molecule has 0 spiro atoms. The van der Waals surface area contributed by atoms with Crippen LogP contribution < -0.4 is 0 Å². The maximum Gasteiger partial charge on any atom is 0.149 e. The molecule has 0 heterocycles. The molecule has 1 atom stereocenters. The van der Waals surface area contributed by atoms with Gasteiger partial charge in [-0.3, -0.25) is 0 Å². The predicted molar refractivity (Wildman–Crippen MR) is 34.0 cm³/mol. The van der Waals surface area contributed by atoms with Gasteiger partial charge >= 0.3 is 0 Å². The lowest BCUT2D eigenvalue weighted by Gasteiger charge is -2.03. The van der Waals surface area contributed by atoms with Gasteiger partial charge in [-0.2, -0.15) is 0 Å². The van der Waals surface area contributed by atoms with Crippen LogP contribution in [0.4, 0.5) is 0 Å². The van der Waals surface area contributed by atoms with Crippen molar-refractivity contribution in [1.82, 2.24) is 0 Å². The Morgan fingerprint density at radius 2 is 2.25 bits per heavy atom. The van der Waals surface area contributed by atoms with Crippen LogP contribution in [-0.2, 0) is 4.74 Å². The van der Waals surface area contributed by atoms with Gasteiger partial charge in [0.15, 0.2) is 0 Å². The Morgan fingerprint density at radius 1 is 1.62 bits per heavy atom. The zero-order chi connectivity index (χ0) is 6.41. The fraction of sp³-hybridized carbons (Fsp3) is 1.00. The second kappa shape index (κ2) is 5.06. The van der Waals surface area contributed by atoms with Gasteiger partial charge in [-0.05, 0) is 0 Å². The minimum absolute atomic E-state index is 0.574. The molecule has 0 saturated carbocycles. The molecule has 0 saturated heterocycles. The largest absolute Gasteiger partial charge is 0.436 e. The van der Waals surface area contributed by atoms with Crippen LogP contribution in [0.5, 0.6) is 0 Å². The Labute approximate surface area is 50.8 Å². The third-order valence-electron chi connectivity index (χ3n) is 0.945. The summed E-state index contributed by atoms with van der Waals surface area (Å²) in [5.41, 5.74) is 0. The van der Waals surface area contributed by atoms with Crippen molar-refractivity contribution in [2.45, 2.75) is 6.92 Å². The Kier molecular flexibility index (Phi) is 5.01. The smallest absolute Gasteiger partial charge is 0.149 e. The molecular formula is C6H15O2+. The fourth-order valence-electron chi connectivity index (χ4n) is 0.649. The number of aliphatic hydroxyl groups is 2. The minimum Gasteiger partial charge on any atom is -0.436 e. The van der Waals surface area contributed by atoms with Crippen molar-refractivity contribution in [3.05, 3.63) is 0 Å². The minimum atomic E-state index is 0.574. The highest BCUT2D eigenvalue weighted by molar-refractivity contribution is 4.44. The maximum atomic E-state index is 4.90. The van der Waals surface area contributed by atoms with E-state index in [0.29, 0.717) is 5.92 Å². The highest BCUT2D eigenvalue weighted by Crippen LogP contribution is 1.91. The highest BCUT2D eigenvalue weighted by atomic mass is 16.5. The van der Waals surface area contributed by atoms with Gasteiger partial charge in [-0.1, -0.05) is 6.92 Å². The van der Waals surface area contributed by atoms with Gasteiger partial charge in [-0.15, -0.1) is 0 Å². The van der Waals surface area contributed by atoms with E-state index in [1.54, 1.807) is 7.11 Å². The van der Waals surface area contributed by atoms with Gasteiger partial charge < -0.3 is 9.47 Å². The van der Waals surface area contributed by atoms with E-state index in [2.05, 4.69) is 11.7 Å². The molecule has 0 rings (SSSR count). The third-order valence-corrected chi connectivity index (χ3v) is 0.945. The van der Waals surface area contributed by atoms with Gasteiger partial charge in [0.1, 0.15) is 13.7 Å². The van der Waals surface area contributed by atoms with Crippen LogP contribution in [0.3, 0.4) is 0 Å². The summed E-state index contributed by atoms with van der Waals surface area (Å²) in [6.45, 7) is 3.85. The van der Waals surface area contributed by atoms with Crippen molar-refractivity contribution in [2.75, 3.05) is 27.4 Å². The molecule has 0 aliphatic heterocycles. The van der Waals surface area contributed by atoms with E-state index in [1.165, 1.54) is 0 Å². The number of methoxy groups -OCH3 is 1. The average molecular weight is 119 g/mol. The van der Waals surface area contributed by atoms with Crippen LogP contribution >= 0.6 is 0 Å². The first-order valence-corrected chi connectivity index (χ1v) is 2.85. The molecule has 0 bridgehead atoms. The number of ether oxygens (including phenoxy) is 2. The number of hydrogen-bond acceptors (Lipinski definition) is 1. The molecule has 0 aliphatic carbocycles. The molecular weight excluding hydrogens is 104 g/mol. The standard InChI is InChI=1S/C6H14O2/c1-6(4-7-2)5-8-3/h6H,4-5H2,1-3H3/p+1. The second-order valence-corrected chi connectivity index (χ2v) is 2.06. The summed E-state index contributed by atoms with van der Waals surface area (Å²) in [5.74, 6) is 0.574. The molecule has 8 heavy (non-hydrogen) atoms. The molecule has 1 unspecified atom stereocenters. The van der Waals surface area contributed by atoms with E-state index < -0.39 is 0 Å². The maximum absolute atomic E-state index is 4.90. The zero-order valence-corrected chi connectivity index (χ0v) is 5.85. The Morgan fingerprint density at radius 3 is 2.62 bits per heavy atom. The third kappa shape index (κ3) is 4.09. The van der Waals surface area contributed by atoms with Crippen molar-refractivity contribution < 1.29 is 9.47 Å². The molecule has 2 heteroatoms. The summed E-state index contributed by atoms with van der Waals surface area (Å²) in [6, 6.07) is 0. The van der Waals surface area contributed by atoms with Crippen molar-refractivity contribution in [2.24, 2.45) is 5.92 Å². The van der Waals surface area contributed by atoms with E-state index in [-0.39, 0.29) is 0 Å². The van der Waals surface area contributed by atoms with Crippen molar-refractivity contribution in [3.8, 4) is 0 Å². The van der Waals surface area contributed by atoms with E-state index in [4.69, 9.17) is 4.74 Å². The van der Waals surface area contributed by atoms with Crippen molar-refractivity contribution in [1.29, 1.82) is 0 Å². The van der Waals surface area contributed by atoms with Crippen molar-refractivity contribution in [3.63, 3.8) is 0 Å². The van der Waals surface area contributed by atoms with Crippen LogP contribution in [-0.4, -0.2) is 32.2 Å². The Hall–Kier alpha value is -0.0800. The Balaban J connectivity index is 2.92. The first-order valence-electron chi connectivity index (χ1n) is 2.85. The predicted octanol–water partition coefficient (Wildman–Crippen LogP) is 0.427. The molecule has 0 fully saturated rings. The zero-order valence-electron chi connectivity index (χ0n) is 5.85. The van der Waals surface area contributed by atoms with Gasteiger partial charge in [0, 0.05) is 13.0 Å². The van der Waals surface area contributed by atoms with E-state index >= 15 is 0 Å². The fourth-order valence-corrected chi connectivity index (χ4v) is 0.649. The van der Waals surface area contributed by atoms with Crippen molar-refractivity contribution >= 4 is 0 Å². The van der Waals surface area contributed by atoms with Crippen LogP contribution in [0.25, 0.3) is 0 Å². The molecule has 0 aliphatic rings. The summed E-state index contributed by atoms with van der Waals surface area (Å²) in [4.78, 5) is 0. The molecule has 0 radical (unpaired) electrons.